The number of anilines is 2. The number of ether oxygens (including phenoxy) is 1. The summed E-state index contributed by atoms with van der Waals surface area (Å²) in [6.45, 7) is 3.18. The summed E-state index contributed by atoms with van der Waals surface area (Å²) in [5.41, 5.74) is 3.02. The summed E-state index contributed by atoms with van der Waals surface area (Å²) in [4.78, 5) is 17.5. The lowest BCUT2D eigenvalue weighted by Gasteiger charge is -2.30. The Morgan fingerprint density at radius 2 is 2.00 bits per heavy atom. The number of hydrogen-bond donors (Lipinski definition) is 2. The van der Waals surface area contributed by atoms with E-state index >= 15 is 0 Å². The Balaban J connectivity index is 1.62. The molecule has 0 unspecified atom stereocenters. The van der Waals surface area contributed by atoms with Gasteiger partial charge in [0.1, 0.15) is 0 Å². The minimum Gasteiger partial charge on any atom is -0.378 e. The van der Waals surface area contributed by atoms with Gasteiger partial charge in [0.15, 0.2) is 0 Å². The van der Waals surface area contributed by atoms with Crippen LogP contribution in [0.3, 0.4) is 0 Å². The summed E-state index contributed by atoms with van der Waals surface area (Å²) >= 11 is 0. The first-order valence-corrected chi connectivity index (χ1v) is 7.67. The molecule has 1 fully saturated rings. The molecule has 22 heavy (non-hydrogen) atoms. The fourth-order valence-electron chi connectivity index (χ4n) is 2.64. The normalized spacial score (nSPS) is 14.8. The number of rotatable bonds is 5. The maximum atomic E-state index is 12.2. The smallest absolute Gasteiger partial charge is 0.224 e. The number of para-hydroxylation sites is 2. The van der Waals surface area contributed by atoms with Crippen molar-refractivity contribution in [3.05, 3.63) is 48.3 Å². The number of morpholine rings is 1. The summed E-state index contributed by atoms with van der Waals surface area (Å²) in [6.07, 6.45) is 3.07. The fraction of sp³-hybridized carbons (Fsp3) is 0.353. The van der Waals surface area contributed by atoms with Gasteiger partial charge in [-0.3, -0.25) is 4.79 Å². The minimum atomic E-state index is 0.0373. The van der Waals surface area contributed by atoms with Gasteiger partial charge in [0, 0.05) is 31.4 Å². The van der Waals surface area contributed by atoms with Crippen LogP contribution in [0.15, 0.2) is 42.6 Å². The van der Waals surface area contributed by atoms with E-state index in [1.807, 2.05) is 42.6 Å². The predicted octanol–water partition coefficient (Wildman–Crippen LogP) is 2.42. The number of H-pyrrole nitrogens is 1. The topological polar surface area (TPSA) is 57.4 Å². The number of benzene rings is 1. The van der Waals surface area contributed by atoms with Crippen LogP contribution < -0.4 is 10.2 Å². The zero-order valence-corrected chi connectivity index (χ0v) is 12.5. The van der Waals surface area contributed by atoms with E-state index in [1.165, 1.54) is 0 Å². The highest BCUT2D eigenvalue weighted by Crippen LogP contribution is 2.26. The van der Waals surface area contributed by atoms with Gasteiger partial charge in [-0.2, -0.15) is 0 Å². The van der Waals surface area contributed by atoms with Crippen LogP contribution in [0.25, 0.3) is 0 Å². The van der Waals surface area contributed by atoms with Gasteiger partial charge in [0.2, 0.25) is 5.91 Å². The predicted molar refractivity (Wildman–Crippen MR) is 87.2 cm³/mol. The number of nitrogens with zero attached hydrogens (tertiary/aromatic N) is 1. The van der Waals surface area contributed by atoms with Gasteiger partial charge < -0.3 is 19.9 Å². The molecule has 1 aliphatic rings. The first-order chi connectivity index (χ1) is 10.8. The zero-order chi connectivity index (χ0) is 15.2. The second kappa shape index (κ2) is 7.13. The third-order valence-corrected chi connectivity index (χ3v) is 3.81. The maximum Gasteiger partial charge on any atom is 0.224 e. The molecule has 1 amide bonds. The van der Waals surface area contributed by atoms with Crippen LogP contribution in [0, 0.1) is 0 Å². The van der Waals surface area contributed by atoms with Crippen LogP contribution in [0.5, 0.6) is 0 Å². The third kappa shape index (κ3) is 3.68. The number of hydrogen-bond acceptors (Lipinski definition) is 3. The molecule has 0 aliphatic carbocycles. The van der Waals surface area contributed by atoms with Gasteiger partial charge in [-0.05, 0) is 30.7 Å². The van der Waals surface area contributed by atoms with Crippen molar-refractivity contribution in [2.24, 2.45) is 0 Å². The Morgan fingerprint density at radius 1 is 1.18 bits per heavy atom. The minimum absolute atomic E-state index is 0.0373. The standard InChI is InChI=1S/C17H21N3O2/c21-17(8-7-14-4-3-9-18-14)19-15-5-1-2-6-16(15)20-10-12-22-13-11-20/h1-6,9,18H,7-8,10-13H2,(H,19,21). The number of aromatic amines is 1. The van der Waals surface area contributed by atoms with E-state index in [2.05, 4.69) is 15.2 Å². The Hall–Kier alpha value is -2.27. The molecule has 0 atom stereocenters. The van der Waals surface area contributed by atoms with Gasteiger partial charge in [-0.15, -0.1) is 0 Å². The highest BCUT2D eigenvalue weighted by molar-refractivity contribution is 5.94. The second-order valence-electron chi connectivity index (χ2n) is 5.36. The summed E-state index contributed by atoms with van der Waals surface area (Å²) in [6, 6.07) is 11.9. The van der Waals surface area contributed by atoms with Crippen LogP contribution >= 0.6 is 0 Å². The Morgan fingerprint density at radius 3 is 2.77 bits per heavy atom. The number of nitrogens with one attached hydrogen (secondary N) is 2. The fourth-order valence-corrected chi connectivity index (χ4v) is 2.64. The molecule has 2 aromatic rings. The van der Waals surface area contributed by atoms with Crippen LogP contribution in [0.2, 0.25) is 0 Å². The summed E-state index contributed by atoms with van der Waals surface area (Å²) < 4.78 is 5.39. The van der Waals surface area contributed by atoms with Crippen molar-refractivity contribution >= 4 is 17.3 Å². The quantitative estimate of drug-likeness (QED) is 0.891. The number of carbonyl (C=O) groups is 1. The summed E-state index contributed by atoms with van der Waals surface area (Å²) in [7, 11) is 0. The molecule has 0 radical (unpaired) electrons. The van der Waals surface area contributed by atoms with Crippen molar-refractivity contribution in [3.8, 4) is 0 Å². The van der Waals surface area contributed by atoms with Crippen molar-refractivity contribution in [2.75, 3.05) is 36.5 Å². The first kappa shape index (κ1) is 14.7. The van der Waals surface area contributed by atoms with Crippen molar-refractivity contribution in [1.29, 1.82) is 0 Å². The van der Waals surface area contributed by atoms with E-state index in [1.54, 1.807) is 0 Å². The van der Waals surface area contributed by atoms with E-state index in [0.717, 1.165) is 49.8 Å². The largest absolute Gasteiger partial charge is 0.378 e. The van der Waals surface area contributed by atoms with E-state index in [-0.39, 0.29) is 5.91 Å². The molecule has 0 saturated carbocycles. The SMILES string of the molecule is O=C(CCc1ccc[nH]1)Nc1ccccc1N1CCOCC1. The second-order valence-corrected chi connectivity index (χ2v) is 5.36. The van der Waals surface area contributed by atoms with Gasteiger partial charge in [0.05, 0.1) is 24.6 Å². The average Bonchev–Trinajstić information content (AvgIpc) is 3.08. The van der Waals surface area contributed by atoms with Gasteiger partial charge in [-0.1, -0.05) is 12.1 Å². The molecular formula is C17H21N3O2. The zero-order valence-electron chi connectivity index (χ0n) is 12.5. The van der Waals surface area contributed by atoms with Crippen LogP contribution in [-0.4, -0.2) is 37.2 Å². The van der Waals surface area contributed by atoms with Crippen LogP contribution in [0.4, 0.5) is 11.4 Å². The average molecular weight is 299 g/mol. The lowest BCUT2D eigenvalue weighted by Crippen LogP contribution is -2.36. The van der Waals surface area contributed by atoms with Crippen molar-refractivity contribution in [1.82, 2.24) is 4.98 Å². The van der Waals surface area contributed by atoms with Crippen LogP contribution in [0.1, 0.15) is 12.1 Å². The van der Waals surface area contributed by atoms with Gasteiger partial charge >= 0.3 is 0 Å². The third-order valence-electron chi connectivity index (χ3n) is 3.81. The molecule has 0 bridgehead atoms. The summed E-state index contributed by atoms with van der Waals surface area (Å²) in [5.74, 6) is 0.0373. The monoisotopic (exact) mass is 299 g/mol. The van der Waals surface area contributed by atoms with E-state index in [9.17, 15) is 4.79 Å². The number of carbonyl (C=O) groups excluding carboxylic acids is 1. The van der Waals surface area contributed by atoms with Crippen molar-refractivity contribution in [2.45, 2.75) is 12.8 Å². The molecule has 3 rings (SSSR count). The molecule has 1 aromatic heterocycles. The number of aryl methyl sites for hydroxylation is 1. The molecule has 0 spiro atoms. The molecule has 2 heterocycles. The van der Waals surface area contributed by atoms with E-state index < -0.39 is 0 Å². The molecule has 1 aromatic carbocycles. The maximum absolute atomic E-state index is 12.2. The van der Waals surface area contributed by atoms with Gasteiger partial charge in [0.25, 0.3) is 0 Å². The Kier molecular flexibility index (Phi) is 4.75. The lowest BCUT2D eigenvalue weighted by atomic mass is 10.2. The Bertz CT molecular complexity index is 604. The van der Waals surface area contributed by atoms with E-state index in [0.29, 0.717) is 6.42 Å². The highest BCUT2D eigenvalue weighted by Gasteiger charge is 2.15. The molecule has 116 valence electrons. The van der Waals surface area contributed by atoms with Gasteiger partial charge in [-0.25, -0.2) is 0 Å². The molecule has 5 nitrogen and oxygen atoms in total. The number of aromatic nitrogens is 1. The molecule has 1 aliphatic heterocycles. The van der Waals surface area contributed by atoms with E-state index in [4.69, 9.17) is 4.74 Å². The number of amides is 1. The molecule has 5 heteroatoms. The molecule has 1 saturated heterocycles. The molecule has 2 N–H and O–H groups in total. The van der Waals surface area contributed by atoms with Crippen molar-refractivity contribution < 1.29 is 9.53 Å². The lowest BCUT2D eigenvalue weighted by molar-refractivity contribution is -0.116. The molecular weight excluding hydrogens is 278 g/mol. The first-order valence-electron chi connectivity index (χ1n) is 7.67. The highest BCUT2D eigenvalue weighted by atomic mass is 16.5. The van der Waals surface area contributed by atoms with Crippen molar-refractivity contribution in [3.63, 3.8) is 0 Å². The Labute approximate surface area is 130 Å². The van der Waals surface area contributed by atoms with Crippen LogP contribution in [-0.2, 0) is 16.0 Å². The summed E-state index contributed by atoms with van der Waals surface area (Å²) in [5, 5.41) is 3.03.